The lowest BCUT2D eigenvalue weighted by Crippen LogP contribution is -2.28. The van der Waals surface area contributed by atoms with Crippen LogP contribution in [0.4, 0.5) is 5.69 Å². The van der Waals surface area contributed by atoms with E-state index in [9.17, 15) is 9.00 Å². The van der Waals surface area contributed by atoms with Gasteiger partial charge in [0.05, 0.1) is 0 Å². The minimum Gasteiger partial charge on any atom is -0.441 e. The van der Waals surface area contributed by atoms with Crippen molar-refractivity contribution in [3.63, 3.8) is 0 Å². The number of methoxy groups -OCH3 is 1. The average Bonchev–Trinajstić information content (AvgIpc) is 2.39. The molecule has 0 bridgehead atoms. The van der Waals surface area contributed by atoms with E-state index < -0.39 is 10.9 Å². The maximum Gasteiger partial charge on any atom is 0.245 e. The van der Waals surface area contributed by atoms with Crippen LogP contribution in [-0.4, -0.2) is 33.3 Å². The first-order valence-corrected chi connectivity index (χ1v) is 6.71. The van der Waals surface area contributed by atoms with Gasteiger partial charge in [0.2, 0.25) is 5.91 Å². The molecule has 0 aliphatic heterocycles. The lowest BCUT2D eigenvalue weighted by Gasteiger charge is -2.06. The van der Waals surface area contributed by atoms with Crippen molar-refractivity contribution in [1.29, 1.82) is 0 Å². The van der Waals surface area contributed by atoms with Gasteiger partial charge in [-0.3, -0.25) is 4.79 Å². The standard InChI is InChI=1S/C12H17N2O4S/c1-17-9-12(15)13-7-6-10-4-3-5-11(8-10)14-19(16)18-2/h3-5,8H,6-7,9H2,1-2H3,(H,13,15)/q-1. The van der Waals surface area contributed by atoms with Crippen LogP contribution in [0.2, 0.25) is 0 Å². The Kier molecular flexibility index (Phi) is 7.09. The zero-order valence-electron chi connectivity index (χ0n) is 10.9. The summed E-state index contributed by atoms with van der Waals surface area (Å²) < 4.78 is 24.2. The monoisotopic (exact) mass is 285 g/mol. The Morgan fingerprint density at radius 1 is 1.42 bits per heavy atom. The maximum atomic E-state index is 11.2. The fourth-order valence-corrected chi connectivity index (χ4v) is 1.78. The molecular formula is C12H17N2O4S-. The van der Waals surface area contributed by atoms with Crippen LogP contribution in [0.3, 0.4) is 0 Å². The van der Waals surface area contributed by atoms with Crippen LogP contribution in [-0.2, 0) is 35.2 Å². The molecule has 106 valence electrons. The highest BCUT2D eigenvalue weighted by Crippen LogP contribution is 2.14. The van der Waals surface area contributed by atoms with Crippen LogP contribution < -0.4 is 5.32 Å². The Bertz CT molecular complexity index is 498. The molecule has 19 heavy (non-hydrogen) atoms. The van der Waals surface area contributed by atoms with Gasteiger partial charge in [-0.05, 0) is 24.1 Å². The largest absolute Gasteiger partial charge is 0.441 e. The summed E-state index contributed by atoms with van der Waals surface area (Å²) >= 11 is 0. The quantitative estimate of drug-likeness (QED) is 0.767. The van der Waals surface area contributed by atoms with Gasteiger partial charge in [-0.2, -0.15) is 0 Å². The molecule has 0 unspecified atom stereocenters. The smallest absolute Gasteiger partial charge is 0.245 e. The molecule has 0 heterocycles. The topological polar surface area (TPSA) is 77.0 Å². The molecule has 0 radical (unpaired) electrons. The van der Waals surface area contributed by atoms with Crippen molar-refractivity contribution in [2.24, 2.45) is 4.36 Å². The molecule has 1 amide bonds. The van der Waals surface area contributed by atoms with Crippen LogP contribution in [0.5, 0.6) is 0 Å². The molecule has 0 atom stereocenters. The van der Waals surface area contributed by atoms with Crippen molar-refractivity contribution in [3.05, 3.63) is 29.8 Å². The number of rotatable bonds is 7. The van der Waals surface area contributed by atoms with Crippen molar-refractivity contribution in [1.82, 2.24) is 5.32 Å². The minimum atomic E-state index is -1.66. The second kappa shape index (κ2) is 8.63. The molecule has 0 spiro atoms. The first-order chi connectivity index (χ1) is 9.15. The predicted octanol–water partition coefficient (Wildman–Crippen LogP) is 1.33. The predicted molar refractivity (Wildman–Crippen MR) is 72.2 cm³/mol. The lowest BCUT2D eigenvalue weighted by molar-refractivity contribution is -0.124. The van der Waals surface area contributed by atoms with E-state index in [1.807, 2.05) is 12.1 Å². The van der Waals surface area contributed by atoms with Crippen molar-refractivity contribution < 1.29 is 17.9 Å². The van der Waals surface area contributed by atoms with E-state index in [1.54, 1.807) is 12.1 Å². The summed E-state index contributed by atoms with van der Waals surface area (Å²) in [5.41, 5.74) is 1.58. The van der Waals surface area contributed by atoms with Gasteiger partial charge in [-0.1, -0.05) is 23.0 Å². The van der Waals surface area contributed by atoms with Crippen molar-refractivity contribution in [3.8, 4) is 0 Å². The molecule has 1 aromatic rings. The third-order valence-corrected chi connectivity index (χ3v) is 2.89. The molecule has 1 rings (SSSR count). The fraction of sp³-hybridized carbons (Fsp3) is 0.417. The van der Waals surface area contributed by atoms with E-state index in [0.717, 1.165) is 5.56 Å². The Labute approximate surface area is 114 Å². The number of nitrogens with one attached hydrogen (secondary N) is 1. The van der Waals surface area contributed by atoms with Crippen molar-refractivity contribution >= 4 is 22.5 Å². The maximum absolute atomic E-state index is 11.2. The number of hydrogen-bond donors (Lipinski definition) is 1. The summed E-state index contributed by atoms with van der Waals surface area (Å²) in [7, 11) is 1.14. The zero-order valence-corrected chi connectivity index (χ0v) is 11.7. The van der Waals surface area contributed by atoms with Gasteiger partial charge >= 0.3 is 0 Å². The molecule has 0 aliphatic rings. The molecule has 1 aromatic carbocycles. The number of hydrogen-bond acceptors (Lipinski definition) is 6. The van der Waals surface area contributed by atoms with Crippen LogP contribution in [0.25, 0.3) is 0 Å². The summed E-state index contributed by atoms with van der Waals surface area (Å²) in [6.45, 7) is 0.571. The fourth-order valence-electron chi connectivity index (χ4n) is 1.42. The third-order valence-electron chi connectivity index (χ3n) is 2.24. The first-order valence-electron chi connectivity index (χ1n) is 5.68. The summed E-state index contributed by atoms with van der Waals surface area (Å²) in [6, 6.07) is 7.28. The number of benzene rings is 1. The van der Waals surface area contributed by atoms with E-state index in [-0.39, 0.29) is 12.5 Å². The van der Waals surface area contributed by atoms with Gasteiger partial charge in [-0.25, -0.2) is 0 Å². The summed E-state index contributed by atoms with van der Waals surface area (Å²) in [5.74, 6) is -0.149. The number of ether oxygens (including phenoxy) is 1. The highest BCUT2D eigenvalue weighted by molar-refractivity contribution is 7.69. The van der Waals surface area contributed by atoms with Crippen molar-refractivity contribution in [2.75, 3.05) is 27.4 Å². The summed E-state index contributed by atoms with van der Waals surface area (Å²) in [6.07, 6.45) is 0.665. The van der Waals surface area contributed by atoms with Gasteiger partial charge in [-0.15, -0.1) is 0 Å². The lowest BCUT2D eigenvalue weighted by atomic mass is 10.1. The van der Waals surface area contributed by atoms with E-state index in [0.29, 0.717) is 18.7 Å². The molecule has 0 saturated heterocycles. The van der Waals surface area contributed by atoms with Crippen LogP contribution >= 0.6 is 0 Å². The van der Waals surface area contributed by atoms with E-state index in [4.69, 9.17) is 4.74 Å². The second-order valence-electron chi connectivity index (χ2n) is 3.68. The number of nitrogens with zero attached hydrogens (tertiary/aromatic N) is 1. The van der Waals surface area contributed by atoms with Gasteiger partial charge < -0.3 is 22.8 Å². The minimum absolute atomic E-state index is 0.0577. The SMILES string of the molecule is COCC(=O)NCCc1cccc(N=[S-](=O)OC)c1. The molecule has 6 nitrogen and oxygen atoms in total. The Morgan fingerprint density at radius 2 is 2.21 bits per heavy atom. The molecule has 0 saturated carbocycles. The van der Waals surface area contributed by atoms with Crippen LogP contribution in [0.1, 0.15) is 5.56 Å². The number of carbonyl (C=O) groups excluding carboxylic acids is 1. The van der Waals surface area contributed by atoms with Crippen LogP contribution in [0.15, 0.2) is 28.6 Å². The van der Waals surface area contributed by atoms with Gasteiger partial charge in [0.1, 0.15) is 6.61 Å². The highest BCUT2D eigenvalue weighted by atomic mass is 32.2. The molecule has 0 fully saturated rings. The normalized spacial score (nSPS) is 12.3. The summed E-state index contributed by atoms with van der Waals surface area (Å²) in [4.78, 5) is 11.2. The van der Waals surface area contributed by atoms with Gasteiger partial charge in [0, 0.05) is 26.5 Å². The average molecular weight is 285 g/mol. The molecule has 7 heteroatoms. The Balaban J connectivity index is 2.53. The molecule has 1 N–H and O–H groups in total. The Morgan fingerprint density at radius 3 is 2.89 bits per heavy atom. The first kappa shape index (κ1) is 15.6. The van der Waals surface area contributed by atoms with Crippen molar-refractivity contribution in [2.45, 2.75) is 6.42 Å². The number of amides is 1. The molecule has 0 aliphatic carbocycles. The third kappa shape index (κ3) is 6.32. The molecule has 0 aromatic heterocycles. The van der Waals surface area contributed by atoms with E-state index in [1.165, 1.54) is 14.2 Å². The van der Waals surface area contributed by atoms with E-state index in [2.05, 4.69) is 13.9 Å². The van der Waals surface area contributed by atoms with Crippen LogP contribution in [0, 0.1) is 0 Å². The van der Waals surface area contributed by atoms with Gasteiger partial charge in [0.15, 0.2) is 0 Å². The summed E-state index contributed by atoms with van der Waals surface area (Å²) in [5, 5.41) is 2.72. The molecular weight excluding hydrogens is 268 g/mol. The van der Waals surface area contributed by atoms with E-state index >= 15 is 0 Å². The highest BCUT2D eigenvalue weighted by Gasteiger charge is 1.99. The number of carbonyl (C=O) groups is 1. The second-order valence-corrected chi connectivity index (χ2v) is 4.63. The van der Waals surface area contributed by atoms with Gasteiger partial charge in [0.25, 0.3) is 0 Å². The zero-order chi connectivity index (χ0) is 14.1. The Hall–Kier alpha value is -1.44.